The molecule has 0 radical (unpaired) electrons. The summed E-state index contributed by atoms with van der Waals surface area (Å²) < 4.78 is 11.1. The van der Waals surface area contributed by atoms with E-state index >= 15 is 0 Å². The van der Waals surface area contributed by atoms with Crippen molar-refractivity contribution >= 4 is 23.1 Å². The Morgan fingerprint density at radius 3 is 2.50 bits per heavy atom. The number of morpholine rings is 1. The SMILES string of the molecule is CCOc1ccccc1NC1=C(c2ccc(C)cc2C)C(=O)N(CCCN2CCOCC2)C1=O. The Morgan fingerprint density at radius 2 is 1.76 bits per heavy atom. The van der Waals surface area contributed by atoms with E-state index in [4.69, 9.17) is 9.47 Å². The van der Waals surface area contributed by atoms with Crippen molar-refractivity contribution in [3.8, 4) is 5.75 Å². The van der Waals surface area contributed by atoms with E-state index in [1.165, 1.54) is 4.90 Å². The number of carbonyl (C=O) groups is 2. The Labute approximate surface area is 201 Å². The third kappa shape index (κ3) is 5.16. The van der Waals surface area contributed by atoms with Gasteiger partial charge in [-0.15, -0.1) is 0 Å². The molecule has 0 unspecified atom stereocenters. The lowest BCUT2D eigenvalue weighted by Gasteiger charge is -2.27. The predicted octanol–water partition coefficient (Wildman–Crippen LogP) is 3.62. The molecule has 2 aromatic rings. The molecule has 0 aromatic heterocycles. The molecule has 2 amide bonds. The smallest absolute Gasteiger partial charge is 0.278 e. The minimum absolute atomic E-state index is 0.254. The van der Waals surface area contributed by atoms with Gasteiger partial charge in [0, 0.05) is 26.2 Å². The van der Waals surface area contributed by atoms with E-state index in [0.29, 0.717) is 35.9 Å². The Kier molecular flexibility index (Phi) is 7.65. The summed E-state index contributed by atoms with van der Waals surface area (Å²) in [7, 11) is 0. The summed E-state index contributed by atoms with van der Waals surface area (Å²) in [4.78, 5) is 30.8. The van der Waals surface area contributed by atoms with Gasteiger partial charge >= 0.3 is 0 Å². The van der Waals surface area contributed by atoms with Crippen molar-refractivity contribution in [2.75, 3.05) is 51.3 Å². The van der Waals surface area contributed by atoms with Crippen molar-refractivity contribution in [3.05, 3.63) is 64.9 Å². The van der Waals surface area contributed by atoms with Crippen LogP contribution in [-0.2, 0) is 14.3 Å². The summed E-state index contributed by atoms with van der Waals surface area (Å²) in [5.74, 6) is 0.0899. The van der Waals surface area contributed by atoms with Crippen LogP contribution >= 0.6 is 0 Å². The maximum Gasteiger partial charge on any atom is 0.278 e. The van der Waals surface area contributed by atoms with Crippen molar-refractivity contribution < 1.29 is 19.1 Å². The highest BCUT2D eigenvalue weighted by Gasteiger charge is 2.39. The van der Waals surface area contributed by atoms with Crippen LogP contribution in [-0.4, -0.2) is 67.6 Å². The number of ether oxygens (including phenoxy) is 2. The van der Waals surface area contributed by atoms with E-state index in [1.807, 2.05) is 63.2 Å². The van der Waals surface area contributed by atoms with Gasteiger partial charge in [-0.2, -0.15) is 0 Å². The number of carbonyl (C=O) groups excluding carboxylic acids is 2. The van der Waals surface area contributed by atoms with Gasteiger partial charge in [0.1, 0.15) is 11.4 Å². The van der Waals surface area contributed by atoms with Gasteiger partial charge in [0.05, 0.1) is 31.1 Å². The fraction of sp³-hybridized carbons (Fsp3) is 0.407. The third-order valence-electron chi connectivity index (χ3n) is 6.23. The summed E-state index contributed by atoms with van der Waals surface area (Å²) in [5, 5.41) is 3.25. The van der Waals surface area contributed by atoms with Crippen LogP contribution in [0.4, 0.5) is 5.69 Å². The summed E-state index contributed by atoms with van der Waals surface area (Å²) in [6, 6.07) is 13.4. The van der Waals surface area contributed by atoms with Crippen LogP contribution in [0.1, 0.15) is 30.0 Å². The zero-order valence-electron chi connectivity index (χ0n) is 20.2. The number of amides is 2. The maximum atomic E-state index is 13.6. The molecule has 2 aliphatic rings. The molecule has 34 heavy (non-hydrogen) atoms. The number of hydrogen-bond donors (Lipinski definition) is 1. The Balaban J connectivity index is 1.63. The molecular weight excluding hydrogens is 430 g/mol. The van der Waals surface area contributed by atoms with Crippen LogP contribution in [0.3, 0.4) is 0 Å². The maximum absolute atomic E-state index is 13.6. The van der Waals surface area contributed by atoms with Gasteiger partial charge < -0.3 is 14.8 Å². The van der Waals surface area contributed by atoms with Gasteiger partial charge in [0.2, 0.25) is 0 Å². The quantitative estimate of drug-likeness (QED) is 0.573. The highest BCUT2D eigenvalue weighted by atomic mass is 16.5. The number of para-hydroxylation sites is 2. The van der Waals surface area contributed by atoms with E-state index in [-0.39, 0.29) is 11.8 Å². The lowest BCUT2D eigenvalue weighted by atomic mass is 9.97. The first-order chi connectivity index (χ1) is 16.5. The number of nitrogens with one attached hydrogen (secondary N) is 1. The Hall–Kier alpha value is -3.16. The molecule has 1 N–H and O–H groups in total. The second kappa shape index (κ2) is 10.8. The molecule has 1 fully saturated rings. The number of benzene rings is 2. The largest absolute Gasteiger partial charge is 0.492 e. The number of anilines is 1. The predicted molar refractivity (Wildman–Crippen MR) is 133 cm³/mol. The second-order valence-corrected chi connectivity index (χ2v) is 8.69. The molecule has 0 atom stereocenters. The van der Waals surface area contributed by atoms with Crippen molar-refractivity contribution in [1.82, 2.24) is 9.80 Å². The average molecular weight is 464 g/mol. The topological polar surface area (TPSA) is 71.1 Å². The molecular formula is C27H33N3O4. The molecule has 0 aliphatic carbocycles. The molecule has 2 heterocycles. The van der Waals surface area contributed by atoms with Gasteiger partial charge in [-0.1, -0.05) is 35.9 Å². The van der Waals surface area contributed by atoms with Crippen LogP contribution in [0.15, 0.2) is 48.2 Å². The monoisotopic (exact) mass is 463 g/mol. The molecule has 7 nitrogen and oxygen atoms in total. The summed E-state index contributed by atoms with van der Waals surface area (Å²) in [6.07, 6.45) is 0.723. The first-order valence-corrected chi connectivity index (χ1v) is 12.0. The Morgan fingerprint density at radius 1 is 1.00 bits per heavy atom. The molecule has 0 bridgehead atoms. The minimum atomic E-state index is -0.298. The number of nitrogens with zero attached hydrogens (tertiary/aromatic N) is 2. The fourth-order valence-electron chi connectivity index (χ4n) is 4.50. The molecule has 2 aliphatic heterocycles. The van der Waals surface area contributed by atoms with E-state index in [0.717, 1.165) is 56.0 Å². The zero-order chi connectivity index (χ0) is 24.1. The zero-order valence-corrected chi connectivity index (χ0v) is 20.2. The first-order valence-electron chi connectivity index (χ1n) is 12.0. The summed E-state index contributed by atoms with van der Waals surface area (Å²) in [6.45, 7) is 10.8. The lowest BCUT2D eigenvalue weighted by molar-refractivity contribution is -0.136. The van der Waals surface area contributed by atoms with Crippen LogP contribution in [0.5, 0.6) is 5.75 Å². The molecule has 0 saturated carbocycles. The highest BCUT2D eigenvalue weighted by Crippen LogP contribution is 2.34. The molecule has 4 rings (SSSR count). The molecule has 7 heteroatoms. The van der Waals surface area contributed by atoms with E-state index in [2.05, 4.69) is 10.2 Å². The van der Waals surface area contributed by atoms with E-state index in [1.54, 1.807) is 0 Å². The van der Waals surface area contributed by atoms with Crippen LogP contribution in [0.2, 0.25) is 0 Å². The van der Waals surface area contributed by atoms with E-state index in [9.17, 15) is 9.59 Å². The average Bonchev–Trinajstić information content (AvgIpc) is 3.05. The van der Waals surface area contributed by atoms with Crippen LogP contribution in [0.25, 0.3) is 5.57 Å². The Bertz CT molecular complexity index is 1090. The van der Waals surface area contributed by atoms with Crippen molar-refractivity contribution in [1.29, 1.82) is 0 Å². The third-order valence-corrected chi connectivity index (χ3v) is 6.23. The molecule has 1 saturated heterocycles. The molecule has 180 valence electrons. The van der Waals surface area contributed by atoms with Gasteiger partial charge in [0.15, 0.2) is 0 Å². The molecule has 2 aromatic carbocycles. The van der Waals surface area contributed by atoms with Crippen molar-refractivity contribution in [3.63, 3.8) is 0 Å². The van der Waals surface area contributed by atoms with Crippen LogP contribution in [0, 0.1) is 13.8 Å². The highest BCUT2D eigenvalue weighted by molar-refractivity contribution is 6.36. The van der Waals surface area contributed by atoms with Crippen molar-refractivity contribution in [2.45, 2.75) is 27.2 Å². The summed E-state index contributed by atoms with van der Waals surface area (Å²) in [5.41, 5.74) is 4.23. The fourth-order valence-corrected chi connectivity index (χ4v) is 4.50. The number of rotatable bonds is 9. The van der Waals surface area contributed by atoms with Gasteiger partial charge in [-0.05, 0) is 50.5 Å². The first kappa shape index (κ1) is 24.0. The second-order valence-electron chi connectivity index (χ2n) is 8.69. The number of imide groups is 1. The minimum Gasteiger partial charge on any atom is -0.492 e. The van der Waals surface area contributed by atoms with Gasteiger partial charge in [0.25, 0.3) is 11.8 Å². The normalized spacial score (nSPS) is 17.0. The van der Waals surface area contributed by atoms with Gasteiger partial charge in [-0.3, -0.25) is 19.4 Å². The lowest BCUT2D eigenvalue weighted by Crippen LogP contribution is -2.39. The van der Waals surface area contributed by atoms with Gasteiger partial charge in [-0.25, -0.2) is 0 Å². The summed E-state index contributed by atoms with van der Waals surface area (Å²) >= 11 is 0. The van der Waals surface area contributed by atoms with E-state index < -0.39 is 0 Å². The number of aryl methyl sites for hydroxylation is 2. The number of hydrogen-bond acceptors (Lipinski definition) is 6. The van der Waals surface area contributed by atoms with Crippen LogP contribution < -0.4 is 10.1 Å². The van der Waals surface area contributed by atoms with Crippen molar-refractivity contribution in [2.24, 2.45) is 0 Å². The molecule has 0 spiro atoms. The standard InChI is InChI=1S/C27H33N3O4/c1-4-34-23-9-6-5-8-22(23)28-25-24(21-11-10-19(2)18-20(21)3)26(31)30(27(25)32)13-7-12-29-14-16-33-17-15-29/h5-6,8-11,18,28H,4,7,12-17H2,1-3H3.